The molecule has 3 aromatic rings. The predicted octanol–water partition coefficient (Wildman–Crippen LogP) is 4.39. The van der Waals surface area contributed by atoms with Crippen molar-refractivity contribution < 1.29 is 18.0 Å². The fraction of sp³-hybridized carbons (Fsp3) is 0.222. The molecule has 0 aliphatic carbocycles. The molecule has 2 heterocycles. The fourth-order valence-corrected chi connectivity index (χ4v) is 3.19. The molecule has 136 valence electrons. The van der Waals surface area contributed by atoms with E-state index in [2.05, 4.69) is 10.1 Å². The Balaban J connectivity index is 1.86. The molecular weight excluding hydrogens is 362 g/mol. The van der Waals surface area contributed by atoms with Crippen LogP contribution in [0.4, 0.5) is 8.78 Å². The van der Waals surface area contributed by atoms with Gasteiger partial charge in [-0.1, -0.05) is 13.0 Å². The lowest BCUT2D eigenvalue weighted by molar-refractivity contribution is 0.230. The second-order valence-corrected chi connectivity index (χ2v) is 6.52. The Morgan fingerprint density at radius 3 is 2.69 bits per heavy atom. The Bertz CT molecular complexity index is 932. The Hall–Kier alpha value is -2.61. The zero-order chi connectivity index (χ0) is 18.5. The lowest BCUT2D eigenvalue weighted by Crippen LogP contribution is -2.01. The van der Waals surface area contributed by atoms with E-state index in [4.69, 9.17) is 9.26 Å². The SMILES string of the molecule is CCCSc1ncccc1-c1cc(F)c(OCc2cc(=O)[nH]o2)c(F)c1. The number of hydrogen-bond donors (Lipinski definition) is 1. The molecule has 0 fully saturated rings. The number of aromatic amines is 1. The van der Waals surface area contributed by atoms with Gasteiger partial charge in [-0.25, -0.2) is 13.8 Å². The summed E-state index contributed by atoms with van der Waals surface area (Å²) in [5.41, 5.74) is 0.590. The van der Waals surface area contributed by atoms with Crippen molar-refractivity contribution in [3.05, 3.63) is 64.3 Å². The monoisotopic (exact) mass is 378 g/mol. The van der Waals surface area contributed by atoms with Gasteiger partial charge in [0.15, 0.2) is 23.1 Å². The number of hydrogen-bond acceptors (Lipinski definition) is 5. The first-order valence-electron chi connectivity index (χ1n) is 7.96. The summed E-state index contributed by atoms with van der Waals surface area (Å²) in [6.45, 7) is 1.78. The van der Waals surface area contributed by atoms with E-state index in [1.54, 1.807) is 18.3 Å². The number of ether oxygens (including phenoxy) is 1. The second kappa shape index (κ2) is 8.18. The molecule has 0 bridgehead atoms. The van der Waals surface area contributed by atoms with E-state index in [9.17, 15) is 13.6 Å². The quantitative estimate of drug-likeness (QED) is 0.618. The average molecular weight is 378 g/mol. The number of rotatable bonds is 7. The van der Waals surface area contributed by atoms with Crippen LogP contribution in [0, 0.1) is 11.6 Å². The molecular formula is C18H16F2N2O3S. The fourth-order valence-electron chi connectivity index (χ4n) is 2.31. The van der Waals surface area contributed by atoms with Crippen LogP contribution in [0.2, 0.25) is 0 Å². The van der Waals surface area contributed by atoms with E-state index in [1.165, 1.54) is 23.9 Å². The number of nitrogens with one attached hydrogen (secondary N) is 1. The van der Waals surface area contributed by atoms with Crippen LogP contribution < -0.4 is 10.3 Å². The maximum atomic E-state index is 14.4. The molecule has 26 heavy (non-hydrogen) atoms. The van der Waals surface area contributed by atoms with Crippen molar-refractivity contribution in [3.63, 3.8) is 0 Å². The van der Waals surface area contributed by atoms with Gasteiger partial charge in [0.2, 0.25) is 0 Å². The van der Waals surface area contributed by atoms with Crippen molar-refractivity contribution in [2.75, 3.05) is 5.75 Å². The van der Waals surface area contributed by atoms with E-state index in [0.717, 1.165) is 23.3 Å². The van der Waals surface area contributed by atoms with Crippen molar-refractivity contribution >= 4 is 11.8 Å². The molecule has 1 N–H and O–H groups in total. The maximum Gasteiger partial charge on any atom is 0.280 e. The van der Waals surface area contributed by atoms with Gasteiger partial charge in [-0.3, -0.25) is 4.79 Å². The maximum absolute atomic E-state index is 14.4. The lowest BCUT2D eigenvalue weighted by Gasteiger charge is -2.11. The minimum atomic E-state index is -0.840. The number of aromatic nitrogens is 2. The first-order valence-corrected chi connectivity index (χ1v) is 8.94. The predicted molar refractivity (Wildman–Crippen MR) is 94.3 cm³/mol. The van der Waals surface area contributed by atoms with Crippen LogP contribution in [-0.2, 0) is 6.61 Å². The molecule has 0 amide bonds. The highest BCUT2D eigenvalue weighted by Crippen LogP contribution is 2.34. The van der Waals surface area contributed by atoms with Gasteiger partial charge in [0, 0.05) is 11.8 Å². The van der Waals surface area contributed by atoms with Crippen LogP contribution in [0.5, 0.6) is 5.75 Å². The Morgan fingerprint density at radius 1 is 1.27 bits per heavy atom. The molecule has 5 nitrogen and oxygen atoms in total. The summed E-state index contributed by atoms with van der Waals surface area (Å²) in [6.07, 6.45) is 2.61. The summed E-state index contributed by atoms with van der Waals surface area (Å²) >= 11 is 1.53. The molecule has 0 saturated heterocycles. The molecule has 8 heteroatoms. The first kappa shape index (κ1) is 18.2. The summed E-state index contributed by atoms with van der Waals surface area (Å²) in [4.78, 5) is 15.3. The number of thioether (sulfide) groups is 1. The van der Waals surface area contributed by atoms with E-state index in [0.29, 0.717) is 11.1 Å². The van der Waals surface area contributed by atoms with Gasteiger partial charge in [-0.05, 0) is 35.9 Å². The van der Waals surface area contributed by atoms with Crippen LogP contribution in [0.3, 0.4) is 0 Å². The number of nitrogens with zero attached hydrogens (tertiary/aromatic N) is 1. The molecule has 0 aliphatic rings. The molecule has 3 rings (SSSR count). The third kappa shape index (κ3) is 4.13. The second-order valence-electron chi connectivity index (χ2n) is 5.44. The third-order valence-electron chi connectivity index (χ3n) is 3.46. The summed E-state index contributed by atoms with van der Waals surface area (Å²) in [6, 6.07) is 7.06. The average Bonchev–Trinajstić information content (AvgIpc) is 3.04. The number of H-pyrrole nitrogens is 1. The lowest BCUT2D eigenvalue weighted by atomic mass is 10.1. The normalized spacial score (nSPS) is 10.9. The number of pyridine rings is 1. The van der Waals surface area contributed by atoms with Crippen LogP contribution in [0.25, 0.3) is 11.1 Å². The van der Waals surface area contributed by atoms with E-state index in [1.807, 2.05) is 6.92 Å². The smallest absolute Gasteiger partial charge is 0.280 e. The van der Waals surface area contributed by atoms with Gasteiger partial charge < -0.3 is 9.26 Å². The zero-order valence-corrected chi connectivity index (χ0v) is 14.7. The van der Waals surface area contributed by atoms with Crippen molar-refractivity contribution in [3.8, 4) is 16.9 Å². The number of halogens is 2. The third-order valence-corrected chi connectivity index (χ3v) is 4.67. The molecule has 2 aromatic heterocycles. The highest BCUT2D eigenvalue weighted by molar-refractivity contribution is 7.99. The highest BCUT2D eigenvalue weighted by Gasteiger charge is 2.16. The Kier molecular flexibility index (Phi) is 5.72. The summed E-state index contributed by atoms with van der Waals surface area (Å²) in [7, 11) is 0. The number of benzene rings is 1. The standard InChI is InChI=1S/C18H16F2N2O3S/c1-2-6-26-18-13(4-3-5-21-18)11-7-14(19)17(15(20)8-11)24-10-12-9-16(23)22-25-12/h3-5,7-9H,2,6,10H2,1H3,(H,22,23). The van der Waals surface area contributed by atoms with Gasteiger partial charge >= 0.3 is 0 Å². The van der Waals surface area contributed by atoms with Gasteiger partial charge in [0.1, 0.15) is 11.6 Å². The summed E-state index contributed by atoms with van der Waals surface area (Å²) in [5, 5.41) is 2.80. The molecule has 0 unspecified atom stereocenters. The van der Waals surface area contributed by atoms with Gasteiger partial charge in [-0.2, -0.15) is 5.16 Å². The molecule has 1 aromatic carbocycles. The van der Waals surface area contributed by atoms with Gasteiger partial charge in [0.25, 0.3) is 5.56 Å². The largest absolute Gasteiger partial charge is 0.479 e. The van der Waals surface area contributed by atoms with Crippen LogP contribution in [-0.4, -0.2) is 15.9 Å². The van der Waals surface area contributed by atoms with Crippen LogP contribution in [0.15, 0.2) is 50.9 Å². The van der Waals surface area contributed by atoms with Gasteiger partial charge in [-0.15, -0.1) is 11.8 Å². The topological polar surface area (TPSA) is 68.1 Å². The minimum absolute atomic E-state index is 0.142. The van der Waals surface area contributed by atoms with Crippen molar-refractivity contribution in [1.82, 2.24) is 10.1 Å². The Labute approximate surface area is 152 Å². The van der Waals surface area contributed by atoms with Crippen molar-refractivity contribution in [2.24, 2.45) is 0 Å². The van der Waals surface area contributed by atoms with Crippen LogP contribution >= 0.6 is 11.8 Å². The molecule has 0 spiro atoms. The minimum Gasteiger partial charge on any atom is -0.479 e. The van der Waals surface area contributed by atoms with Crippen molar-refractivity contribution in [1.29, 1.82) is 0 Å². The molecule has 0 radical (unpaired) electrons. The van der Waals surface area contributed by atoms with Gasteiger partial charge in [0.05, 0.1) is 6.07 Å². The summed E-state index contributed by atoms with van der Waals surface area (Å²) < 4.78 is 38.7. The molecule has 0 atom stereocenters. The van der Waals surface area contributed by atoms with E-state index < -0.39 is 22.9 Å². The first-order chi connectivity index (χ1) is 12.6. The zero-order valence-electron chi connectivity index (χ0n) is 13.9. The highest BCUT2D eigenvalue weighted by atomic mass is 32.2. The molecule has 0 saturated carbocycles. The molecule has 0 aliphatic heterocycles. The Morgan fingerprint density at radius 2 is 2.04 bits per heavy atom. The van der Waals surface area contributed by atoms with Crippen LogP contribution in [0.1, 0.15) is 19.1 Å². The van der Waals surface area contributed by atoms with Crippen molar-refractivity contribution in [2.45, 2.75) is 25.0 Å². The summed E-state index contributed by atoms with van der Waals surface area (Å²) in [5.74, 6) is -1.20. The van der Waals surface area contributed by atoms with E-state index in [-0.39, 0.29) is 12.4 Å². The van der Waals surface area contributed by atoms with E-state index >= 15 is 0 Å².